The molecular weight excluding hydrogens is 234 g/mol. The van der Waals surface area contributed by atoms with E-state index in [0.29, 0.717) is 5.56 Å². The Morgan fingerprint density at radius 1 is 1.24 bits per heavy atom. The topological polar surface area (TPSA) is 50.1 Å². The summed E-state index contributed by atoms with van der Waals surface area (Å²) in [6.45, 7) is 0. The minimum Gasteiger partial charge on any atom is -0.430 e. The third-order valence-corrected chi connectivity index (χ3v) is 2.53. The molecule has 0 fully saturated rings. The summed E-state index contributed by atoms with van der Waals surface area (Å²) in [6.07, 6.45) is -0.953. The molecule has 2 aromatic rings. The molecule has 0 saturated heterocycles. The van der Waals surface area contributed by atoms with E-state index in [1.807, 2.05) is 42.5 Å². The molecule has 0 N–H and O–H groups in total. The maximum absolute atomic E-state index is 10.8. The molecular formula is C13H8NO2S. The van der Waals surface area contributed by atoms with Crippen LogP contribution in [0.1, 0.15) is 11.7 Å². The van der Waals surface area contributed by atoms with Gasteiger partial charge >= 0.3 is 5.30 Å². The maximum atomic E-state index is 10.8. The van der Waals surface area contributed by atoms with Crippen molar-refractivity contribution in [3.05, 3.63) is 48.0 Å². The van der Waals surface area contributed by atoms with Crippen molar-refractivity contribution in [3.63, 3.8) is 0 Å². The van der Waals surface area contributed by atoms with Gasteiger partial charge in [-0.2, -0.15) is 5.26 Å². The number of nitrogens with zero attached hydrogens (tertiary/aromatic N) is 1. The fraction of sp³-hybridized carbons (Fsp3) is 0.0769. The summed E-state index contributed by atoms with van der Waals surface area (Å²) in [4.78, 5) is 10.8. The van der Waals surface area contributed by atoms with Crippen LogP contribution in [0, 0.1) is 11.3 Å². The number of rotatable bonds is 2. The Balaban J connectivity index is 2.54. The Labute approximate surface area is 104 Å². The summed E-state index contributed by atoms with van der Waals surface area (Å²) >= 11 is 4.33. The first kappa shape index (κ1) is 11.4. The van der Waals surface area contributed by atoms with Crippen LogP contribution in [0.4, 0.5) is 4.79 Å². The van der Waals surface area contributed by atoms with Gasteiger partial charge in [-0.05, 0) is 10.8 Å². The molecule has 17 heavy (non-hydrogen) atoms. The quantitative estimate of drug-likeness (QED) is 0.754. The highest BCUT2D eigenvalue weighted by Gasteiger charge is 2.16. The van der Waals surface area contributed by atoms with Crippen LogP contribution in [0.2, 0.25) is 0 Å². The third kappa shape index (κ3) is 2.35. The van der Waals surface area contributed by atoms with Gasteiger partial charge in [0.1, 0.15) is 6.07 Å². The Morgan fingerprint density at radius 2 is 1.94 bits per heavy atom. The normalized spacial score (nSPS) is 11.7. The molecule has 0 amide bonds. The zero-order valence-electron chi connectivity index (χ0n) is 8.79. The lowest BCUT2D eigenvalue weighted by Crippen LogP contribution is -2.04. The molecule has 0 spiro atoms. The van der Waals surface area contributed by atoms with E-state index >= 15 is 0 Å². The summed E-state index contributed by atoms with van der Waals surface area (Å²) in [7, 11) is 0. The van der Waals surface area contributed by atoms with Crippen molar-refractivity contribution in [3.8, 4) is 6.07 Å². The van der Waals surface area contributed by atoms with Crippen LogP contribution in [0.15, 0.2) is 42.5 Å². The van der Waals surface area contributed by atoms with Gasteiger partial charge in [-0.25, -0.2) is 4.79 Å². The van der Waals surface area contributed by atoms with Crippen LogP contribution >= 0.6 is 12.6 Å². The molecule has 0 aliphatic heterocycles. The van der Waals surface area contributed by atoms with Gasteiger partial charge in [-0.1, -0.05) is 42.5 Å². The average Bonchev–Trinajstić information content (AvgIpc) is 2.35. The van der Waals surface area contributed by atoms with Crippen molar-refractivity contribution in [2.45, 2.75) is 6.10 Å². The van der Waals surface area contributed by atoms with E-state index in [9.17, 15) is 4.79 Å². The van der Waals surface area contributed by atoms with Gasteiger partial charge in [0.25, 0.3) is 0 Å². The first-order valence-corrected chi connectivity index (χ1v) is 5.38. The average molecular weight is 242 g/mol. The van der Waals surface area contributed by atoms with Crippen molar-refractivity contribution in [2.75, 3.05) is 0 Å². The van der Waals surface area contributed by atoms with Crippen LogP contribution in [-0.2, 0) is 4.74 Å². The van der Waals surface area contributed by atoms with Gasteiger partial charge in [-0.3, -0.25) is 0 Å². The van der Waals surface area contributed by atoms with Crippen molar-refractivity contribution < 1.29 is 9.53 Å². The van der Waals surface area contributed by atoms with E-state index in [-0.39, 0.29) is 0 Å². The standard InChI is InChI=1S/C13H8NO2S/c14-8-12(16-13(15)17)11-7-3-5-9-4-1-2-6-10(9)11/h1-7,12H. The molecule has 2 rings (SSSR count). The monoisotopic (exact) mass is 242 g/mol. The van der Waals surface area contributed by atoms with E-state index in [2.05, 4.69) is 12.6 Å². The van der Waals surface area contributed by atoms with Crippen molar-refractivity contribution >= 4 is 28.7 Å². The van der Waals surface area contributed by atoms with E-state index in [0.717, 1.165) is 10.8 Å². The van der Waals surface area contributed by atoms with E-state index in [1.54, 1.807) is 6.07 Å². The van der Waals surface area contributed by atoms with Gasteiger partial charge in [-0.15, -0.1) is 0 Å². The van der Waals surface area contributed by atoms with E-state index < -0.39 is 11.4 Å². The van der Waals surface area contributed by atoms with Crippen molar-refractivity contribution in [1.29, 1.82) is 5.26 Å². The molecule has 1 atom stereocenters. The lowest BCUT2D eigenvalue weighted by Gasteiger charge is -2.11. The lowest BCUT2D eigenvalue weighted by molar-refractivity contribution is 0.152. The molecule has 0 aliphatic carbocycles. The van der Waals surface area contributed by atoms with Crippen LogP contribution in [0.3, 0.4) is 0 Å². The Bertz CT molecular complexity index is 598. The highest BCUT2D eigenvalue weighted by molar-refractivity contribution is 7.96. The number of carbonyl (C=O) groups excluding carboxylic acids is 1. The SMILES string of the molecule is N#CC(OC(=O)[S])c1cccc2ccccc12. The molecule has 1 radical (unpaired) electrons. The molecule has 0 aromatic heterocycles. The van der Waals surface area contributed by atoms with Crippen molar-refractivity contribution in [1.82, 2.24) is 0 Å². The zero-order chi connectivity index (χ0) is 12.3. The van der Waals surface area contributed by atoms with Gasteiger partial charge in [0.2, 0.25) is 6.10 Å². The first-order valence-electron chi connectivity index (χ1n) is 4.97. The van der Waals surface area contributed by atoms with E-state index in [4.69, 9.17) is 10.00 Å². The minimum atomic E-state index is -0.953. The summed E-state index contributed by atoms with van der Waals surface area (Å²) in [5.74, 6) is 0. The van der Waals surface area contributed by atoms with Gasteiger partial charge in [0.05, 0.1) is 0 Å². The summed E-state index contributed by atoms with van der Waals surface area (Å²) in [5.41, 5.74) is 0.656. The van der Waals surface area contributed by atoms with Crippen LogP contribution in [-0.4, -0.2) is 5.30 Å². The second-order valence-corrected chi connectivity index (χ2v) is 3.78. The van der Waals surface area contributed by atoms with Gasteiger partial charge in [0, 0.05) is 18.2 Å². The highest BCUT2D eigenvalue weighted by atomic mass is 32.1. The molecule has 0 heterocycles. The Morgan fingerprint density at radius 3 is 2.65 bits per heavy atom. The molecule has 4 heteroatoms. The molecule has 0 bridgehead atoms. The maximum Gasteiger partial charge on any atom is 0.401 e. The van der Waals surface area contributed by atoms with Crippen LogP contribution in [0.25, 0.3) is 10.8 Å². The number of fused-ring (bicyclic) bond motifs is 1. The molecule has 0 saturated carbocycles. The third-order valence-electron chi connectivity index (χ3n) is 2.44. The number of ether oxygens (including phenoxy) is 1. The lowest BCUT2D eigenvalue weighted by atomic mass is 10.0. The van der Waals surface area contributed by atoms with Crippen molar-refractivity contribution in [2.24, 2.45) is 0 Å². The number of nitriles is 1. The summed E-state index contributed by atoms with van der Waals surface area (Å²) in [5, 5.41) is 10.0. The van der Waals surface area contributed by atoms with Crippen LogP contribution in [0.5, 0.6) is 0 Å². The summed E-state index contributed by atoms with van der Waals surface area (Å²) < 4.78 is 4.81. The molecule has 83 valence electrons. The van der Waals surface area contributed by atoms with Gasteiger partial charge < -0.3 is 4.74 Å². The predicted molar refractivity (Wildman–Crippen MR) is 66.4 cm³/mol. The first-order chi connectivity index (χ1) is 8.22. The zero-order valence-corrected chi connectivity index (χ0v) is 9.61. The van der Waals surface area contributed by atoms with Gasteiger partial charge in [0.15, 0.2) is 0 Å². The second kappa shape index (κ2) is 4.81. The fourth-order valence-corrected chi connectivity index (χ4v) is 1.83. The molecule has 2 aromatic carbocycles. The molecule has 3 nitrogen and oxygen atoms in total. The molecule has 0 aliphatic rings. The molecule has 1 unspecified atom stereocenters. The largest absolute Gasteiger partial charge is 0.430 e. The second-order valence-electron chi connectivity index (χ2n) is 3.45. The number of carbonyl (C=O) groups is 1. The minimum absolute atomic E-state index is 0.656. The summed E-state index contributed by atoms with van der Waals surface area (Å²) in [6, 6.07) is 15.0. The Kier molecular flexibility index (Phi) is 3.22. The highest BCUT2D eigenvalue weighted by Crippen LogP contribution is 2.26. The number of benzene rings is 2. The number of hydrogen-bond acceptors (Lipinski definition) is 3. The van der Waals surface area contributed by atoms with Crippen LogP contribution < -0.4 is 0 Å². The van der Waals surface area contributed by atoms with E-state index in [1.165, 1.54) is 0 Å². The smallest absolute Gasteiger partial charge is 0.401 e. The predicted octanol–water partition coefficient (Wildman–Crippen LogP) is 3.74. The number of hydrogen-bond donors (Lipinski definition) is 0. The Hall–Kier alpha value is -2.12. The fourth-order valence-electron chi connectivity index (χ4n) is 1.73.